The van der Waals surface area contributed by atoms with E-state index in [1.165, 1.54) is 5.69 Å². The van der Waals surface area contributed by atoms with Gasteiger partial charge >= 0.3 is 0 Å². The number of nitrogens with zero attached hydrogens (tertiary/aromatic N) is 4. The fraction of sp³-hybridized carbons (Fsp3) is 0.346. The molecule has 34 heavy (non-hydrogen) atoms. The number of nitrogens with one attached hydrogen (secondary N) is 2. The minimum Gasteiger partial charge on any atom is -0.369 e. The molecular weight excluding hydrogens is 448 g/mol. The third-order valence-electron chi connectivity index (χ3n) is 6.67. The van der Waals surface area contributed by atoms with Crippen molar-refractivity contribution in [3.63, 3.8) is 0 Å². The summed E-state index contributed by atoms with van der Waals surface area (Å²) < 4.78 is 0. The molecule has 0 atom stereocenters. The largest absolute Gasteiger partial charge is 0.369 e. The van der Waals surface area contributed by atoms with Crippen LogP contribution in [-0.2, 0) is 5.41 Å². The average molecular weight is 477 g/mol. The predicted octanol–water partition coefficient (Wildman–Crippen LogP) is 4.31. The summed E-state index contributed by atoms with van der Waals surface area (Å²) in [5.41, 5.74) is 5.13. The van der Waals surface area contributed by atoms with Crippen LogP contribution in [0.4, 0.5) is 17.3 Å². The van der Waals surface area contributed by atoms with Crippen molar-refractivity contribution in [3.8, 4) is 11.3 Å². The Labute approximate surface area is 205 Å². The van der Waals surface area contributed by atoms with Crippen molar-refractivity contribution in [1.29, 1.82) is 0 Å². The number of anilines is 3. The molecule has 1 saturated heterocycles. The molecule has 0 radical (unpaired) electrons. The highest BCUT2D eigenvalue weighted by atomic mass is 35.5. The highest BCUT2D eigenvalue weighted by Crippen LogP contribution is 2.35. The zero-order valence-electron chi connectivity index (χ0n) is 19.7. The van der Waals surface area contributed by atoms with Crippen LogP contribution < -0.4 is 15.5 Å². The number of halogens is 1. The Morgan fingerprint density at radius 1 is 1.09 bits per heavy atom. The Kier molecular flexibility index (Phi) is 5.91. The van der Waals surface area contributed by atoms with Gasteiger partial charge in [-0.15, -0.1) is 0 Å². The normalized spacial score (nSPS) is 17.8. The molecule has 2 aliphatic heterocycles. The van der Waals surface area contributed by atoms with E-state index in [1.54, 1.807) is 6.20 Å². The maximum Gasteiger partial charge on any atom is 0.251 e. The number of piperazine rings is 1. The smallest absolute Gasteiger partial charge is 0.251 e. The average Bonchev–Trinajstić information content (AvgIpc) is 2.83. The summed E-state index contributed by atoms with van der Waals surface area (Å²) in [6.45, 7) is 8.97. The number of carbonyl (C=O) groups is 1. The summed E-state index contributed by atoms with van der Waals surface area (Å²) >= 11 is 6.51. The molecule has 2 aliphatic rings. The molecule has 0 saturated carbocycles. The molecule has 1 amide bonds. The molecule has 2 N–H and O–H groups in total. The lowest BCUT2D eigenvalue weighted by molar-refractivity contribution is 0.0930. The van der Waals surface area contributed by atoms with Gasteiger partial charge in [0.25, 0.3) is 5.91 Å². The third kappa shape index (κ3) is 4.45. The van der Waals surface area contributed by atoms with Gasteiger partial charge in [-0.25, -0.2) is 9.97 Å². The van der Waals surface area contributed by atoms with Crippen LogP contribution in [0.5, 0.6) is 0 Å². The van der Waals surface area contributed by atoms with E-state index in [9.17, 15) is 4.79 Å². The fourth-order valence-corrected chi connectivity index (χ4v) is 4.75. The minimum atomic E-state index is -0.177. The number of hydrogen-bond acceptors (Lipinski definition) is 6. The summed E-state index contributed by atoms with van der Waals surface area (Å²) in [7, 11) is 2.16. The molecule has 7 nitrogen and oxygen atoms in total. The molecule has 3 heterocycles. The number of amides is 1. The predicted molar refractivity (Wildman–Crippen MR) is 137 cm³/mol. The van der Waals surface area contributed by atoms with Crippen molar-refractivity contribution in [1.82, 2.24) is 20.2 Å². The summed E-state index contributed by atoms with van der Waals surface area (Å²) in [6.07, 6.45) is 1.62. The molecule has 8 heteroatoms. The zero-order valence-corrected chi connectivity index (χ0v) is 20.5. The molecule has 176 valence electrons. The van der Waals surface area contributed by atoms with E-state index in [0.717, 1.165) is 43.0 Å². The lowest BCUT2D eigenvalue weighted by Gasteiger charge is -2.34. The van der Waals surface area contributed by atoms with Gasteiger partial charge in [0.15, 0.2) is 0 Å². The summed E-state index contributed by atoms with van der Waals surface area (Å²) in [6, 6.07) is 14.1. The Hall–Kier alpha value is -3.16. The highest BCUT2D eigenvalue weighted by molar-refractivity contribution is 6.32. The molecule has 0 bridgehead atoms. The standard InChI is InChI=1S/C26H29ClN6O/c1-26(2)16-29-24(34)20-8-7-17(13-21(20)26)23-22(27)15-28-25(31-23)30-18-5-4-6-19(14-18)33-11-9-32(3)10-12-33/h4-8,13-15H,9-12,16H2,1-3H3,(H,29,34)(H,28,30,31). The van der Waals surface area contributed by atoms with Gasteiger partial charge in [0.2, 0.25) is 5.95 Å². The van der Waals surface area contributed by atoms with Crippen LogP contribution in [0.25, 0.3) is 11.3 Å². The van der Waals surface area contributed by atoms with Crippen molar-refractivity contribution in [2.45, 2.75) is 19.3 Å². The number of benzene rings is 2. The summed E-state index contributed by atoms with van der Waals surface area (Å²) in [4.78, 5) is 26.2. The lowest BCUT2D eigenvalue weighted by atomic mass is 9.78. The van der Waals surface area contributed by atoms with E-state index in [0.29, 0.717) is 28.8 Å². The summed E-state index contributed by atoms with van der Waals surface area (Å²) in [5.74, 6) is 0.432. The first-order valence-corrected chi connectivity index (χ1v) is 11.9. The molecule has 0 aliphatic carbocycles. The minimum absolute atomic E-state index is 0.0442. The fourth-order valence-electron chi connectivity index (χ4n) is 4.55. The van der Waals surface area contributed by atoms with Crippen LogP contribution in [-0.4, -0.2) is 60.5 Å². The Bertz CT molecular complexity index is 1240. The first kappa shape index (κ1) is 22.6. The number of hydrogen-bond donors (Lipinski definition) is 2. The molecule has 2 aromatic carbocycles. The second kappa shape index (κ2) is 8.89. The number of fused-ring (bicyclic) bond motifs is 1. The van der Waals surface area contributed by atoms with Crippen LogP contribution in [0, 0.1) is 0 Å². The van der Waals surface area contributed by atoms with E-state index in [-0.39, 0.29) is 11.3 Å². The van der Waals surface area contributed by atoms with Crippen LogP contribution >= 0.6 is 11.6 Å². The Balaban J connectivity index is 1.42. The number of aromatic nitrogens is 2. The maximum atomic E-state index is 12.3. The number of likely N-dealkylation sites (N-methyl/N-ethyl adjacent to an activating group) is 1. The molecule has 1 aromatic heterocycles. The van der Waals surface area contributed by atoms with Crippen molar-refractivity contribution < 1.29 is 4.79 Å². The molecule has 0 unspecified atom stereocenters. The van der Waals surface area contributed by atoms with Gasteiger partial charge < -0.3 is 20.4 Å². The highest BCUT2D eigenvalue weighted by Gasteiger charge is 2.32. The van der Waals surface area contributed by atoms with Crippen LogP contribution in [0.3, 0.4) is 0 Å². The zero-order chi connectivity index (χ0) is 23.9. The summed E-state index contributed by atoms with van der Waals surface area (Å²) in [5, 5.41) is 6.76. The van der Waals surface area contributed by atoms with Crippen molar-refractivity contribution in [2.75, 3.05) is 50.0 Å². The lowest BCUT2D eigenvalue weighted by Crippen LogP contribution is -2.44. The topological polar surface area (TPSA) is 73.4 Å². The van der Waals surface area contributed by atoms with Crippen molar-refractivity contribution in [3.05, 3.63) is 64.8 Å². The maximum absolute atomic E-state index is 12.3. The van der Waals surface area contributed by atoms with Gasteiger partial charge in [0.05, 0.1) is 16.9 Å². The van der Waals surface area contributed by atoms with E-state index in [4.69, 9.17) is 16.6 Å². The molecule has 5 rings (SSSR count). The van der Waals surface area contributed by atoms with E-state index in [2.05, 4.69) is 58.4 Å². The Morgan fingerprint density at radius 2 is 1.88 bits per heavy atom. The second-order valence-corrected chi connectivity index (χ2v) is 10.1. The van der Waals surface area contributed by atoms with Crippen LogP contribution in [0.2, 0.25) is 5.02 Å². The Morgan fingerprint density at radius 3 is 2.68 bits per heavy atom. The van der Waals surface area contributed by atoms with Crippen LogP contribution in [0.1, 0.15) is 29.8 Å². The quantitative estimate of drug-likeness (QED) is 0.584. The molecule has 1 fully saturated rings. The molecular formula is C26H29ClN6O. The third-order valence-corrected chi connectivity index (χ3v) is 6.95. The first-order valence-electron chi connectivity index (χ1n) is 11.6. The van der Waals surface area contributed by atoms with E-state index >= 15 is 0 Å². The van der Waals surface area contributed by atoms with Gasteiger partial charge in [0, 0.05) is 60.6 Å². The van der Waals surface area contributed by atoms with Crippen molar-refractivity contribution >= 4 is 34.8 Å². The van der Waals surface area contributed by atoms with Crippen molar-refractivity contribution in [2.24, 2.45) is 0 Å². The number of rotatable bonds is 4. The monoisotopic (exact) mass is 476 g/mol. The van der Waals surface area contributed by atoms with Gasteiger partial charge in [-0.3, -0.25) is 4.79 Å². The van der Waals surface area contributed by atoms with Crippen LogP contribution in [0.15, 0.2) is 48.7 Å². The van der Waals surface area contributed by atoms with Gasteiger partial charge in [0.1, 0.15) is 0 Å². The van der Waals surface area contributed by atoms with Gasteiger partial charge in [-0.1, -0.05) is 37.6 Å². The first-order chi connectivity index (χ1) is 16.3. The van der Waals surface area contributed by atoms with Gasteiger partial charge in [-0.2, -0.15) is 0 Å². The molecule has 0 spiro atoms. The molecule has 3 aromatic rings. The van der Waals surface area contributed by atoms with E-state index in [1.807, 2.05) is 30.3 Å². The second-order valence-electron chi connectivity index (χ2n) is 9.68. The van der Waals surface area contributed by atoms with E-state index < -0.39 is 0 Å². The number of carbonyl (C=O) groups excluding carboxylic acids is 1. The van der Waals surface area contributed by atoms with Gasteiger partial charge in [-0.05, 0) is 42.9 Å². The SMILES string of the molecule is CN1CCN(c2cccc(Nc3ncc(Cl)c(-c4ccc5c(c4)C(C)(C)CNC5=O)n3)c2)CC1.